The molecule has 0 aromatic carbocycles. The van der Waals surface area contributed by atoms with E-state index in [4.69, 9.17) is 17.0 Å². The second-order valence-electron chi connectivity index (χ2n) is 3.86. The third-order valence-corrected chi connectivity index (χ3v) is 3.94. The first-order valence-electron chi connectivity index (χ1n) is 6.04. The Kier molecular flexibility index (Phi) is 8.19. The second kappa shape index (κ2) is 9.22. The molecular weight excluding hydrogens is 240 g/mol. The average Bonchev–Trinajstić information content (AvgIpc) is 2.68. The van der Waals surface area contributed by atoms with E-state index in [1.807, 2.05) is 0 Å². The van der Waals surface area contributed by atoms with Crippen LogP contribution in [0.4, 0.5) is 0 Å². The lowest BCUT2D eigenvalue weighted by Gasteiger charge is -2.17. The van der Waals surface area contributed by atoms with Crippen molar-refractivity contribution in [3.8, 4) is 0 Å². The molecule has 0 bridgehead atoms. The summed E-state index contributed by atoms with van der Waals surface area (Å²) in [5.74, 6) is 1.14. The maximum atomic E-state index is 5.48. The van der Waals surface area contributed by atoms with Crippen LogP contribution in [-0.4, -0.2) is 47.9 Å². The van der Waals surface area contributed by atoms with Gasteiger partial charge in [-0.2, -0.15) is 0 Å². The summed E-state index contributed by atoms with van der Waals surface area (Å²) >= 11 is 6.99. The van der Waals surface area contributed by atoms with Gasteiger partial charge in [-0.05, 0) is 19.4 Å². The van der Waals surface area contributed by atoms with Crippen molar-refractivity contribution < 1.29 is 4.74 Å². The molecule has 1 aliphatic heterocycles. The molecular formula is C11H22N2OS2. The minimum Gasteiger partial charge on any atom is -0.381 e. The molecule has 0 aliphatic carbocycles. The van der Waals surface area contributed by atoms with Gasteiger partial charge in [0.05, 0.1) is 6.67 Å². The Morgan fingerprint density at radius 1 is 1.44 bits per heavy atom. The van der Waals surface area contributed by atoms with Crippen LogP contribution in [0.2, 0.25) is 0 Å². The summed E-state index contributed by atoms with van der Waals surface area (Å²) in [6.07, 6.45) is 3.46. The molecule has 0 unspecified atom stereocenters. The number of ether oxygens (including phenoxy) is 1. The van der Waals surface area contributed by atoms with Gasteiger partial charge in [0.1, 0.15) is 4.32 Å². The van der Waals surface area contributed by atoms with Crippen molar-refractivity contribution in [2.24, 2.45) is 0 Å². The molecule has 0 spiro atoms. The molecule has 0 aromatic heterocycles. The van der Waals surface area contributed by atoms with E-state index < -0.39 is 0 Å². The highest BCUT2D eigenvalue weighted by atomic mass is 32.2. The molecule has 16 heavy (non-hydrogen) atoms. The van der Waals surface area contributed by atoms with Crippen LogP contribution in [0, 0.1) is 0 Å². The van der Waals surface area contributed by atoms with E-state index in [0.717, 1.165) is 49.5 Å². The lowest BCUT2D eigenvalue weighted by atomic mass is 10.4. The fourth-order valence-electron chi connectivity index (χ4n) is 1.43. The molecule has 1 aliphatic rings. The maximum Gasteiger partial charge on any atom is 0.137 e. The van der Waals surface area contributed by atoms with Crippen molar-refractivity contribution in [2.75, 3.05) is 38.7 Å². The monoisotopic (exact) mass is 262 g/mol. The number of hydrogen-bond acceptors (Lipinski definition) is 4. The van der Waals surface area contributed by atoms with Gasteiger partial charge in [0.15, 0.2) is 0 Å². The van der Waals surface area contributed by atoms with Crippen LogP contribution in [0.1, 0.15) is 26.2 Å². The van der Waals surface area contributed by atoms with Crippen LogP contribution >= 0.6 is 24.0 Å². The predicted octanol–water partition coefficient (Wildman–Crippen LogP) is 2.07. The Balaban J connectivity index is 1.83. The summed E-state index contributed by atoms with van der Waals surface area (Å²) in [4.78, 5) is 2.22. The normalized spacial score (nSPS) is 16.1. The molecule has 0 aromatic rings. The summed E-state index contributed by atoms with van der Waals surface area (Å²) in [6, 6.07) is 0. The van der Waals surface area contributed by atoms with Gasteiger partial charge in [0.2, 0.25) is 0 Å². The highest BCUT2D eigenvalue weighted by molar-refractivity contribution is 8.23. The summed E-state index contributed by atoms with van der Waals surface area (Å²) in [6.45, 7) is 6.94. The van der Waals surface area contributed by atoms with Gasteiger partial charge in [-0.3, -0.25) is 5.32 Å². The van der Waals surface area contributed by atoms with Crippen LogP contribution in [0.25, 0.3) is 0 Å². The van der Waals surface area contributed by atoms with E-state index in [1.54, 1.807) is 11.8 Å². The second-order valence-corrected chi connectivity index (χ2v) is 5.58. The molecule has 3 nitrogen and oxygen atoms in total. The Hall–Kier alpha value is 0.160. The van der Waals surface area contributed by atoms with Crippen LogP contribution in [0.15, 0.2) is 0 Å². The highest BCUT2D eigenvalue weighted by Gasteiger charge is 2.15. The largest absolute Gasteiger partial charge is 0.381 e. The summed E-state index contributed by atoms with van der Waals surface area (Å²) in [7, 11) is 0. The quantitative estimate of drug-likeness (QED) is 0.506. The molecule has 0 atom stereocenters. The van der Waals surface area contributed by atoms with Gasteiger partial charge in [0, 0.05) is 25.5 Å². The molecule has 94 valence electrons. The molecule has 1 saturated heterocycles. The van der Waals surface area contributed by atoms with Crippen molar-refractivity contribution >= 4 is 28.3 Å². The third-order valence-electron chi connectivity index (χ3n) is 2.43. The first-order valence-corrected chi connectivity index (χ1v) is 7.44. The molecule has 0 saturated carbocycles. The van der Waals surface area contributed by atoms with Crippen LogP contribution in [0.5, 0.6) is 0 Å². The van der Waals surface area contributed by atoms with Crippen molar-refractivity contribution in [1.29, 1.82) is 0 Å². The Morgan fingerprint density at radius 3 is 2.94 bits per heavy atom. The predicted molar refractivity (Wildman–Crippen MR) is 75.0 cm³/mol. The molecule has 1 N–H and O–H groups in total. The lowest BCUT2D eigenvalue weighted by molar-refractivity contribution is 0.128. The van der Waals surface area contributed by atoms with E-state index in [1.165, 1.54) is 12.8 Å². The zero-order valence-corrected chi connectivity index (χ0v) is 11.7. The van der Waals surface area contributed by atoms with Gasteiger partial charge in [-0.25, -0.2) is 0 Å². The fraction of sp³-hybridized carbons (Fsp3) is 0.909. The minimum absolute atomic E-state index is 0.867. The van der Waals surface area contributed by atoms with Gasteiger partial charge in [0.25, 0.3) is 0 Å². The number of thiocarbonyl (C=S) groups is 1. The van der Waals surface area contributed by atoms with Gasteiger partial charge >= 0.3 is 0 Å². The number of unbranched alkanes of at least 4 members (excludes halogenated alkanes) is 1. The van der Waals surface area contributed by atoms with Gasteiger partial charge < -0.3 is 9.64 Å². The van der Waals surface area contributed by atoms with E-state index >= 15 is 0 Å². The summed E-state index contributed by atoms with van der Waals surface area (Å²) in [5, 5.41) is 3.39. The van der Waals surface area contributed by atoms with E-state index in [-0.39, 0.29) is 0 Å². The molecule has 1 fully saturated rings. The smallest absolute Gasteiger partial charge is 0.137 e. The molecule has 0 radical (unpaired) electrons. The van der Waals surface area contributed by atoms with Gasteiger partial charge in [-0.1, -0.05) is 37.3 Å². The van der Waals surface area contributed by atoms with Crippen molar-refractivity contribution in [1.82, 2.24) is 10.2 Å². The first-order chi connectivity index (χ1) is 7.84. The van der Waals surface area contributed by atoms with E-state index in [0.29, 0.717) is 0 Å². The topological polar surface area (TPSA) is 24.5 Å². The van der Waals surface area contributed by atoms with Gasteiger partial charge in [-0.15, -0.1) is 0 Å². The van der Waals surface area contributed by atoms with Crippen molar-refractivity contribution in [2.45, 2.75) is 26.2 Å². The number of nitrogens with one attached hydrogen (secondary N) is 1. The zero-order valence-electron chi connectivity index (χ0n) is 10.0. The Bertz CT molecular complexity index is 202. The number of rotatable bonds is 9. The van der Waals surface area contributed by atoms with Crippen molar-refractivity contribution in [3.63, 3.8) is 0 Å². The summed E-state index contributed by atoms with van der Waals surface area (Å²) in [5.41, 5.74) is 0. The average molecular weight is 262 g/mol. The molecule has 5 heteroatoms. The Labute approximate surface area is 108 Å². The van der Waals surface area contributed by atoms with Crippen LogP contribution in [0.3, 0.4) is 0 Å². The number of thioether (sulfide) groups is 1. The third kappa shape index (κ3) is 6.03. The number of hydrogen-bond donors (Lipinski definition) is 1. The van der Waals surface area contributed by atoms with E-state index in [9.17, 15) is 0 Å². The lowest BCUT2D eigenvalue weighted by Crippen LogP contribution is -2.34. The summed E-state index contributed by atoms with van der Waals surface area (Å²) < 4.78 is 6.52. The first kappa shape index (κ1) is 14.2. The highest BCUT2D eigenvalue weighted by Crippen LogP contribution is 2.16. The van der Waals surface area contributed by atoms with E-state index in [2.05, 4.69) is 17.1 Å². The maximum absolute atomic E-state index is 5.48. The van der Waals surface area contributed by atoms with Crippen LogP contribution < -0.4 is 5.32 Å². The minimum atomic E-state index is 0.867. The SMILES string of the molecule is CCCCOCCCNCN1CCSC1=S. The zero-order chi connectivity index (χ0) is 11.6. The molecule has 1 heterocycles. The Morgan fingerprint density at radius 2 is 2.25 bits per heavy atom. The van der Waals surface area contributed by atoms with Crippen molar-refractivity contribution in [3.05, 3.63) is 0 Å². The number of nitrogens with zero attached hydrogens (tertiary/aromatic N) is 1. The fourth-order valence-corrected chi connectivity index (χ4v) is 2.66. The molecule has 0 amide bonds. The molecule has 1 rings (SSSR count). The standard InChI is InChI=1S/C11H22N2OS2/c1-2-3-7-14-8-4-5-12-10-13-6-9-16-11(13)15/h12H,2-10H2,1H3. The van der Waals surface area contributed by atoms with Crippen LogP contribution in [-0.2, 0) is 4.74 Å².